The Morgan fingerprint density at radius 3 is 2.22 bits per heavy atom. The van der Waals surface area contributed by atoms with E-state index in [1.165, 1.54) is 6.07 Å². The highest BCUT2D eigenvalue weighted by Crippen LogP contribution is 2.37. The Morgan fingerprint density at radius 2 is 1.56 bits per heavy atom. The minimum Gasteiger partial charge on any atom is -0.351 e. The van der Waals surface area contributed by atoms with E-state index in [1.807, 2.05) is 30.3 Å². The summed E-state index contributed by atoms with van der Waals surface area (Å²) in [6, 6.07) is 15.4. The number of urea groups is 1. The van der Waals surface area contributed by atoms with Gasteiger partial charge in [0.1, 0.15) is 0 Å². The zero-order valence-electron chi connectivity index (χ0n) is 16.5. The van der Waals surface area contributed by atoms with E-state index in [9.17, 15) is 18.0 Å². The van der Waals surface area contributed by atoms with Crippen LogP contribution in [-0.4, -0.2) is 16.0 Å². The predicted octanol–water partition coefficient (Wildman–Crippen LogP) is 6.05. The van der Waals surface area contributed by atoms with Crippen molar-refractivity contribution in [3.63, 3.8) is 0 Å². The summed E-state index contributed by atoms with van der Waals surface area (Å²) in [7, 11) is 0. The number of amides is 2. The third-order valence-corrected chi connectivity index (χ3v) is 5.26. The zero-order valence-corrected chi connectivity index (χ0v) is 17.2. The van der Waals surface area contributed by atoms with Gasteiger partial charge in [-0.25, -0.2) is 4.79 Å². The molecular weight excluding hydrogens is 441 g/mol. The first-order chi connectivity index (χ1) is 15.2. The molecule has 0 atom stereocenters. The SMILES string of the molecule is NC(=O)N(Cc1ccc(-c2ccc3nccnc3c2)cc1)c1ccc(Cl)c(C(F)(F)F)c1. The first-order valence-electron chi connectivity index (χ1n) is 9.46. The molecule has 0 fully saturated rings. The molecule has 0 aliphatic carbocycles. The highest BCUT2D eigenvalue weighted by atomic mass is 35.5. The minimum absolute atomic E-state index is 0.00224. The van der Waals surface area contributed by atoms with Crippen molar-refractivity contribution in [3.8, 4) is 11.1 Å². The van der Waals surface area contributed by atoms with Gasteiger partial charge in [-0.2, -0.15) is 13.2 Å². The number of rotatable bonds is 4. The molecule has 0 saturated heterocycles. The number of carbonyl (C=O) groups excluding carboxylic acids is 1. The van der Waals surface area contributed by atoms with Crippen molar-refractivity contribution in [3.05, 3.63) is 89.2 Å². The number of primary amides is 1. The quantitative estimate of drug-likeness (QED) is 0.406. The van der Waals surface area contributed by atoms with Gasteiger partial charge in [-0.05, 0) is 47.0 Å². The van der Waals surface area contributed by atoms with Gasteiger partial charge in [-0.3, -0.25) is 14.9 Å². The summed E-state index contributed by atoms with van der Waals surface area (Å²) in [6.07, 6.45) is -1.41. The molecular formula is C23H16ClF3N4O. The lowest BCUT2D eigenvalue weighted by Gasteiger charge is -2.22. The average molecular weight is 457 g/mol. The molecule has 0 aliphatic heterocycles. The van der Waals surface area contributed by atoms with Crippen molar-refractivity contribution in [2.45, 2.75) is 12.7 Å². The summed E-state index contributed by atoms with van der Waals surface area (Å²) < 4.78 is 39.6. The van der Waals surface area contributed by atoms with E-state index < -0.39 is 22.8 Å². The van der Waals surface area contributed by atoms with Crippen LogP contribution in [0.4, 0.5) is 23.7 Å². The number of alkyl halides is 3. The summed E-state index contributed by atoms with van der Waals surface area (Å²) in [4.78, 5) is 21.6. The largest absolute Gasteiger partial charge is 0.417 e. The molecule has 5 nitrogen and oxygen atoms in total. The van der Waals surface area contributed by atoms with E-state index in [4.69, 9.17) is 17.3 Å². The van der Waals surface area contributed by atoms with E-state index in [2.05, 4.69) is 9.97 Å². The van der Waals surface area contributed by atoms with Crippen LogP contribution < -0.4 is 10.6 Å². The van der Waals surface area contributed by atoms with Gasteiger partial charge in [0.05, 0.1) is 28.2 Å². The lowest BCUT2D eigenvalue weighted by molar-refractivity contribution is -0.137. The molecule has 4 aromatic rings. The van der Waals surface area contributed by atoms with Crippen LogP contribution in [0, 0.1) is 0 Å². The van der Waals surface area contributed by atoms with Gasteiger partial charge < -0.3 is 5.73 Å². The Bertz CT molecular complexity index is 1290. The van der Waals surface area contributed by atoms with Gasteiger partial charge in [-0.15, -0.1) is 0 Å². The molecule has 9 heteroatoms. The molecule has 1 aromatic heterocycles. The highest BCUT2D eigenvalue weighted by molar-refractivity contribution is 6.31. The number of anilines is 1. The molecule has 0 radical (unpaired) electrons. The first-order valence-corrected chi connectivity index (χ1v) is 9.84. The normalized spacial score (nSPS) is 11.5. The van der Waals surface area contributed by atoms with Crippen LogP contribution in [0.15, 0.2) is 73.1 Å². The fourth-order valence-corrected chi connectivity index (χ4v) is 3.55. The number of benzene rings is 3. The predicted molar refractivity (Wildman–Crippen MR) is 117 cm³/mol. The molecule has 0 spiro atoms. The number of halogens is 4. The molecule has 1 heterocycles. The van der Waals surface area contributed by atoms with Gasteiger partial charge in [0.2, 0.25) is 0 Å². The first kappa shape index (κ1) is 21.6. The Kier molecular flexibility index (Phi) is 5.71. The Morgan fingerprint density at radius 1 is 0.906 bits per heavy atom. The van der Waals surface area contributed by atoms with Crippen molar-refractivity contribution in [1.82, 2.24) is 9.97 Å². The van der Waals surface area contributed by atoms with E-state index >= 15 is 0 Å². The summed E-state index contributed by atoms with van der Waals surface area (Å²) in [5, 5.41) is -0.449. The van der Waals surface area contributed by atoms with Crippen LogP contribution in [0.25, 0.3) is 22.2 Å². The van der Waals surface area contributed by atoms with Crippen LogP contribution in [-0.2, 0) is 12.7 Å². The third-order valence-electron chi connectivity index (χ3n) is 4.93. The number of nitrogens with zero attached hydrogens (tertiary/aromatic N) is 3. The molecule has 162 valence electrons. The molecule has 2 N–H and O–H groups in total. The molecule has 4 rings (SSSR count). The summed E-state index contributed by atoms with van der Waals surface area (Å²) in [5.41, 5.74) is 8.51. The van der Waals surface area contributed by atoms with Gasteiger partial charge in [0, 0.05) is 18.1 Å². The Hall–Kier alpha value is -3.65. The third kappa shape index (κ3) is 4.50. The number of hydrogen-bond acceptors (Lipinski definition) is 3. The second-order valence-corrected chi connectivity index (χ2v) is 7.45. The van der Waals surface area contributed by atoms with Gasteiger partial charge in [-0.1, -0.05) is 41.9 Å². The van der Waals surface area contributed by atoms with E-state index in [0.717, 1.165) is 39.2 Å². The summed E-state index contributed by atoms with van der Waals surface area (Å²) in [5.74, 6) is 0. The Labute approximate surface area is 186 Å². The van der Waals surface area contributed by atoms with E-state index in [0.29, 0.717) is 5.56 Å². The highest BCUT2D eigenvalue weighted by Gasteiger charge is 2.34. The Balaban J connectivity index is 1.60. The molecule has 0 bridgehead atoms. The lowest BCUT2D eigenvalue weighted by Crippen LogP contribution is -2.35. The number of aromatic nitrogens is 2. The van der Waals surface area contributed by atoms with Crippen LogP contribution in [0.2, 0.25) is 5.02 Å². The van der Waals surface area contributed by atoms with Crippen molar-refractivity contribution < 1.29 is 18.0 Å². The lowest BCUT2D eigenvalue weighted by atomic mass is 10.0. The number of nitrogens with two attached hydrogens (primary N) is 1. The van der Waals surface area contributed by atoms with Crippen LogP contribution in [0.5, 0.6) is 0 Å². The standard InChI is InChI=1S/C23H16ClF3N4O/c24-19-7-6-17(12-18(19)23(25,26)27)31(22(28)32)13-14-1-3-15(4-2-14)16-5-8-20-21(11-16)30-10-9-29-20/h1-12H,13H2,(H2,28,32). The van der Waals surface area contributed by atoms with Crippen molar-refractivity contribution in [2.75, 3.05) is 4.90 Å². The number of hydrogen-bond donors (Lipinski definition) is 1. The molecule has 3 aromatic carbocycles. The monoisotopic (exact) mass is 456 g/mol. The topological polar surface area (TPSA) is 72.1 Å². The van der Waals surface area contributed by atoms with Crippen LogP contribution in [0.1, 0.15) is 11.1 Å². The summed E-state index contributed by atoms with van der Waals surface area (Å²) in [6.45, 7) is -0.00224. The van der Waals surface area contributed by atoms with Gasteiger partial charge in [0.15, 0.2) is 0 Å². The smallest absolute Gasteiger partial charge is 0.351 e. The molecule has 2 amide bonds. The van der Waals surface area contributed by atoms with Crippen LogP contribution >= 0.6 is 11.6 Å². The number of carbonyl (C=O) groups is 1. The minimum atomic E-state index is -4.65. The van der Waals surface area contributed by atoms with Crippen molar-refractivity contribution in [1.29, 1.82) is 0 Å². The van der Waals surface area contributed by atoms with E-state index in [-0.39, 0.29) is 12.2 Å². The maximum atomic E-state index is 13.2. The van der Waals surface area contributed by atoms with Gasteiger partial charge >= 0.3 is 12.2 Å². The zero-order chi connectivity index (χ0) is 22.9. The van der Waals surface area contributed by atoms with Crippen molar-refractivity contribution in [2.24, 2.45) is 5.73 Å². The fourth-order valence-electron chi connectivity index (χ4n) is 3.32. The molecule has 0 saturated carbocycles. The maximum absolute atomic E-state index is 13.2. The maximum Gasteiger partial charge on any atom is 0.417 e. The summed E-state index contributed by atoms with van der Waals surface area (Å²) >= 11 is 5.67. The van der Waals surface area contributed by atoms with Crippen molar-refractivity contribution >= 4 is 34.4 Å². The number of fused-ring (bicyclic) bond motifs is 1. The molecule has 0 aliphatic rings. The molecule has 0 unspecified atom stereocenters. The second kappa shape index (κ2) is 8.47. The molecule has 32 heavy (non-hydrogen) atoms. The van der Waals surface area contributed by atoms with Crippen LogP contribution in [0.3, 0.4) is 0 Å². The average Bonchev–Trinajstić information content (AvgIpc) is 2.77. The van der Waals surface area contributed by atoms with Gasteiger partial charge in [0.25, 0.3) is 0 Å². The fraction of sp³-hybridized carbons (Fsp3) is 0.0870. The second-order valence-electron chi connectivity index (χ2n) is 7.04. The van der Waals surface area contributed by atoms with E-state index in [1.54, 1.807) is 24.5 Å².